The predicted molar refractivity (Wildman–Crippen MR) is 146 cm³/mol. The molecule has 1 N–H and O–H groups in total. The van der Waals surface area contributed by atoms with E-state index >= 15 is 0 Å². The number of aryl methyl sites for hydroxylation is 1. The lowest BCUT2D eigenvalue weighted by atomic mass is 10.1. The smallest absolute Gasteiger partial charge is 0.323 e. The molecule has 4 aromatic rings. The summed E-state index contributed by atoms with van der Waals surface area (Å²) in [5.41, 5.74) is 2.11. The number of carboxylic acid groups (broad SMARTS) is 1. The molecular formula is C26H25N5O4S2. The van der Waals surface area contributed by atoms with Crippen LogP contribution in [0.4, 0.5) is 5.82 Å². The maximum absolute atomic E-state index is 13.8. The second kappa shape index (κ2) is 10.4. The molecule has 190 valence electrons. The molecule has 0 bridgehead atoms. The fourth-order valence-corrected chi connectivity index (χ4v) is 5.87. The summed E-state index contributed by atoms with van der Waals surface area (Å²) in [7, 11) is 0. The van der Waals surface area contributed by atoms with Crippen molar-refractivity contribution in [2.75, 3.05) is 31.1 Å². The molecule has 1 saturated heterocycles. The van der Waals surface area contributed by atoms with E-state index in [9.17, 15) is 14.4 Å². The molecule has 5 rings (SSSR count). The average Bonchev–Trinajstić information content (AvgIpc) is 2.87. The number of hydrogen-bond acceptors (Lipinski definition) is 8. The van der Waals surface area contributed by atoms with Crippen LogP contribution in [0.5, 0.6) is 0 Å². The minimum Gasteiger partial charge on any atom is -0.480 e. The van der Waals surface area contributed by atoms with Crippen LogP contribution >= 0.6 is 23.6 Å². The zero-order valence-corrected chi connectivity index (χ0v) is 21.8. The fraction of sp³-hybridized carbons (Fsp3) is 0.269. The highest BCUT2D eigenvalue weighted by Crippen LogP contribution is 2.30. The molecule has 3 aromatic heterocycles. The van der Waals surface area contributed by atoms with E-state index < -0.39 is 18.1 Å². The second-order valence-electron chi connectivity index (χ2n) is 8.94. The Kier molecular flexibility index (Phi) is 7.00. The Morgan fingerprint density at radius 2 is 1.81 bits per heavy atom. The molecule has 0 saturated carbocycles. The highest BCUT2D eigenvalue weighted by Gasteiger charge is 2.25. The molecule has 0 spiro atoms. The zero-order valence-electron chi connectivity index (χ0n) is 20.2. The summed E-state index contributed by atoms with van der Waals surface area (Å²) in [5, 5.41) is 9.14. The normalized spacial score (nSPS) is 14.2. The monoisotopic (exact) mass is 535 g/mol. The Morgan fingerprint density at radius 1 is 1.08 bits per heavy atom. The van der Waals surface area contributed by atoms with Gasteiger partial charge in [0.25, 0.3) is 11.1 Å². The maximum atomic E-state index is 13.8. The van der Waals surface area contributed by atoms with Crippen LogP contribution < -0.4 is 16.0 Å². The minimum absolute atomic E-state index is 0.0947. The van der Waals surface area contributed by atoms with E-state index in [0.29, 0.717) is 35.0 Å². The van der Waals surface area contributed by atoms with Gasteiger partial charge in [-0.3, -0.25) is 28.3 Å². The van der Waals surface area contributed by atoms with Crippen molar-refractivity contribution in [2.24, 2.45) is 0 Å². The number of nitrogens with zero attached hydrogens (tertiary/aromatic N) is 5. The molecule has 0 atom stereocenters. The van der Waals surface area contributed by atoms with Crippen molar-refractivity contribution in [1.82, 2.24) is 18.9 Å². The van der Waals surface area contributed by atoms with Gasteiger partial charge in [-0.1, -0.05) is 36.4 Å². The molecule has 9 nitrogen and oxygen atoms in total. The third kappa shape index (κ3) is 5.10. The quantitative estimate of drug-likeness (QED) is 0.376. The number of aliphatic carboxylic acids is 1. The number of carbonyl (C=O) groups is 1. The van der Waals surface area contributed by atoms with Crippen LogP contribution in [-0.4, -0.2) is 56.1 Å². The number of fused-ring (bicyclic) bond motifs is 1. The van der Waals surface area contributed by atoms with E-state index in [4.69, 9.17) is 22.3 Å². The van der Waals surface area contributed by atoms with E-state index in [-0.39, 0.29) is 9.51 Å². The Hall–Kier alpha value is -3.67. The van der Waals surface area contributed by atoms with Crippen molar-refractivity contribution in [3.8, 4) is 10.4 Å². The standard InChI is InChI=1S/C26H25N5O4S2/c1-17-6-5-9-30-23(17)27-24(29-12-10-28(11-13-29)15-18-7-3-2-4-8-18)22(25(30)35)19-14-20(32)31(16-21(33)34)26(36)37-19/h2-9,14H,10-13,15-16H2,1H3,(H,33,34). The summed E-state index contributed by atoms with van der Waals surface area (Å²) < 4.78 is 2.60. The first kappa shape index (κ1) is 25.0. The van der Waals surface area contributed by atoms with Crippen LogP contribution in [-0.2, 0) is 17.9 Å². The Morgan fingerprint density at radius 3 is 2.49 bits per heavy atom. The molecule has 0 amide bonds. The summed E-state index contributed by atoms with van der Waals surface area (Å²) in [6.07, 6.45) is 1.66. The number of rotatable bonds is 6. The molecule has 11 heteroatoms. The van der Waals surface area contributed by atoms with E-state index in [2.05, 4.69) is 21.9 Å². The number of pyridine rings is 1. The molecule has 1 aliphatic rings. The molecule has 37 heavy (non-hydrogen) atoms. The van der Waals surface area contributed by atoms with Gasteiger partial charge in [0.15, 0.2) is 3.95 Å². The van der Waals surface area contributed by atoms with Gasteiger partial charge < -0.3 is 10.0 Å². The lowest BCUT2D eigenvalue weighted by Crippen LogP contribution is -2.47. The summed E-state index contributed by atoms with van der Waals surface area (Å²) >= 11 is 6.40. The van der Waals surface area contributed by atoms with E-state index in [0.717, 1.165) is 41.1 Å². The van der Waals surface area contributed by atoms with Gasteiger partial charge in [-0.25, -0.2) is 4.98 Å². The number of benzene rings is 1. The summed E-state index contributed by atoms with van der Waals surface area (Å²) in [6, 6.07) is 15.3. The van der Waals surface area contributed by atoms with E-state index in [1.165, 1.54) is 16.0 Å². The van der Waals surface area contributed by atoms with Crippen LogP contribution in [0.25, 0.3) is 16.1 Å². The first-order valence-corrected chi connectivity index (χ1v) is 13.0. The van der Waals surface area contributed by atoms with Crippen molar-refractivity contribution in [2.45, 2.75) is 20.0 Å². The Labute approximate surface area is 221 Å². The molecule has 1 fully saturated rings. The summed E-state index contributed by atoms with van der Waals surface area (Å²) in [6.45, 7) is 5.13. The van der Waals surface area contributed by atoms with Gasteiger partial charge in [-0.2, -0.15) is 0 Å². The number of hydrogen-bond donors (Lipinski definition) is 1. The number of carboxylic acids is 1. The van der Waals surface area contributed by atoms with E-state index in [1.54, 1.807) is 12.3 Å². The third-order valence-electron chi connectivity index (χ3n) is 6.43. The average molecular weight is 536 g/mol. The van der Waals surface area contributed by atoms with Crippen molar-refractivity contribution in [1.29, 1.82) is 0 Å². The van der Waals surface area contributed by atoms with Gasteiger partial charge in [0.1, 0.15) is 23.6 Å². The van der Waals surface area contributed by atoms with Crippen molar-refractivity contribution in [3.63, 3.8) is 0 Å². The first-order chi connectivity index (χ1) is 17.8. The molecule has 0 unspecified atom stereocenters. The number of anilines is 1. The van der Waals surface area contributed by atoms with Gasteiger partial charge in [0, 0.05) is 45.0 Å². The molecule has 1 aromatic carbocycles. The van der Waals surface area contributed by atoms with Gasteiger partial charge in [0.05, 0.1) is 4.88 Å². The van der Waals surface area contributed by atoms with Gasteiger partial charge in [0.2, 0.25) is 0 Å². The third-order valence-corrected chi connectivity index (χ3v) is 7.84. The molecule has 4 heterocycles. The van der Waals surface area contributed by atoms with Crippen LogP contribution in [0.3, 0.4) is 0 Å². The van der Waals surface area contributed by atoms with Gasteiger partial charge in [-0.05, 0) is 36.3 Å². The first-order valence-electron chi connectivity index (χ1n) is 11.8. The SMILES string of the molecule is Cc1cccn2c(=O)c(-c3cc(=O)n(CC(=O)O)c(=S)s3)c(N3CCN(Cc4ccccc4)CC3)nc12. The lowest BCUT2D eigenvalue weighted by molar-refractivity contribution is -0.137. The lowest BCUT2D eigenvalue weighted by Gasteiger charge is -2.36. The topological polar surface area (TPSA) is 100 Å². The Bertz CT molecular complexity index is 1620. The molecule has 0 aliphatic carbocycles. The summed E-state index contributed by atoms with van der Waals surface area (Å²) in [4.78, 5) is 47.5. The van der Waals surface area contributed by atoms with Crippen LogP contribution in [0.1, 0.15) is 11.1 Å². The van der Waals surface area contributed by atoms with Crippen LogP contribution in [0.2, 0.25) is 0 Å². The zero-order chi connectivity index (χ0) is 26.1. The molecular weight excluding hydrogens is 510 g/mol. The van der Waals surface area contributed by atoms with E-state index in [1.807, 2.05) is 31.2 Å². The van der Waals surface area contributed by atoms with Crippen molar-refractivity contribution >= 4 is 41.0 Å². The Balaban J connectivity index is 1.57. The highest BCUT2D eigenvalue weighted by molar-refractivity contribution is 7.73. The minimum atomic E-state index is -1.16. The van der Waals surface area contributed by atoms with Gasteiger partial charge in [-0.15, -0.1) is 11.3 Å². The number of piperazine rings is 1. The molecule has 0 radical (unpaired) electrons. The second-order valence-corrected chi connectivity index (χ2v) is 10.6. The summed E-state index contributed by atoms with van der Waals surface area (Å²) in [5.74, 6) is -0.648. The fourth-order valence-electron chi connectivity index (χ4n) is 4.55. The number of aromatic nitrogens is 3. The van der Waals surface area contributed by atoms with Crippen molar-refractivity contribution in [3.05, 3.63) is 90.5 Å². The largest absolute Gasteiger partial charge is 0.480 e. The van der Waals surface area contributed by atoms with Crippen molar-refractivity contribution < 1.29 is 9.90 Å². The maximum Gasteiger partial charge on any atom is 0.323 e. The van der Waals surface area contributed by atoms with Crippen LogP contribution in [0, 0.1) is 10.9 Å². The van der Waals surface area contributed by atoms with Gasteiger partial charge >= 0.3 is 5.97 Å². The highest BCUT2D eigenvalue weighted by atomic mass is 32.1. The van der Waals surface area contributed by atoms with Crippen LogP contribution in [0.15, 0.2) is 64.3 Å². The molecule has 1 aliphatic heterocycles. The predicted octanol–water partition coefficient (Wildman–Crippen LogP) is 3.03.